The van der Waals surface area contributed by atoms with Crippen LogP contribution in [-0.2, 0) is 4.79 Å². The molecule has 0 aromatic heterocycles. The fourth-order valence-corrected chi connectivity index (χ4v) is 2.94. The number of hydrogen-bond donors (Lipinski definition) is 1. The Bertz CT molecular complexity index is 522. The van der Waals surface area contributed by atoms with E-state index >= 15 is 0 Å². The third-order valence-corrected chi connectivity index (χ3v) is 3.95. The molecule has 6 heteroatoms. The predicted molar refractivity (Wildman–Crippen MR) is 83.8 cm³/mol. The second-order valence-corrected chi connectivity index (χ2v) is 6.11. The maximum Gasteiger partial charge on any atom is 0.252 e. The van der Waals surface area contributed by atoms with Gasteiger partial charge in [-0.25, -0.2) is 0 Å². The largest absolute Gasteiger partial charge is 0.341 e. The molecule has 1 aromatic carbocycles. The van der Waals surface area contributed by atoms with Gasteiger partial charge in [0.1, 0.15) is 6.04 Å². The summed E-state index contributed by atoms with van der Waals surface area (Å²) in [6.45, 7) is 3.23. The van der Waals surface area contributed by atoms with Gasteiger partial charge in [0.05, 0.1) is 0 Å². The molecule has 0 saturated carbocycles. The molecule has 1 saturated heterocycles. The van der Waals surface area contributed by atoms with Crippen molar-refractivity contribution in [1.29, 1.82) is 0 Å². The van der Waals surface area contributed by atoms with E-state index in [1.165, 1.54) is 12.1 Å². The molecule has 1 fully saturated rings. The molecular weight excluding hydrogens is 311 g/mol. The standard InChI is InChI=1S/C15H18Cl2N2O2/c1-10(15(21)19-5-3-2-4-6-19)18-14(20)11-7-12(16)9-13(17)8-11/h7-10H,2-6H2,1H3,(H,18,20)/t10-/m1/s1. The molecule has 1 aliphatic heterocycles. The summed E-state index contributed by atoms with van der Waals surface area (Å²) in [6.07, 6.45) is 3.21. The van der Waals surface area contributed by atoms with Crippen LogP contribution in [0.1, 0.15) is 36.5 Å². The van der Waals surface area contributed by atoms with Crippen LogP contribution in [-0.4, -0.2) is 35.8 Å². The number of rotatable bonds is 3. The average Bonchev–Trinajstić information content (AvgIpc) is 2.46. The molecule has 114 valence electrons. The van der Waals surface area contributed by atoms with E-state index in [-0.39, 0.29) is 11.8 Å². The highest BCUT2D eigenvalue weighted by Crippen LogP contribution is 2.19. The van der Waals surface area contributed by atoms with E-state index in [2.05, 4.69) is 5.32 Å². The van der Waals surface area contributed by atoms with Crippen LogP contribution in [0.3, 0.4) is 0 Å². The zero-order valence-electron chi connectivity index (χ0n) is 11.9. The Kier molecular flexibility index (Phi) is 5.48. The number of likely N-dealkylation sites (tertiary alicyclic amines) is 1. The van der Waals surface area contributed by atoms with E-state index < -0.39 is 6.04 Å². The van der Waals surface area contributed by atoms with Crippen LogP contribution in [0.4, 0.5) is 0 Å². The maximum atomic E-state index is 12.3. The van der Waals surface area contributed by atoms with Crippen LogP contribution in [0.2, 0.25) is 10.0 Å². The minimum absolute atomic E-state index is 0.0452. The average molecular weight is 329 g/mol. The first kappa shape index (κ1) is 16.1. The molecular formula is C15H18Cl2N2O2. The molecule has 4 nitrogen and oxygen atoms in total. The van der Waals surface area contributed by atoms with Crippen molar-refractivity contribution in [1.82, 2.24) is 10.2 Å². The molecule has 2 amide bonds. The molecule has 0 radical (unpaired) electrons. The smallest absolute Gasteiger partial charge is 0.252 e. The van der Waals surface area contributed by atoms with Crippen molar-refractivity contribution in [3.05, 3.63) is 33.8 Å². The van der Waals surface area contributed by atoms with Crippen molar-refractivity contribution in [3.8, 4) is 0 Å². The molecule has 0 bridgehead atoms. The van der Waals surface area contributed by atoms with Gasteiger partial charge in [-0.1, -0.05) is 23.2 Å². The summed E-state index contributed by atoms with van der Waals surface area (Å²) in [5.74, 6) is -0.395. The third-order valence-electron chi connectivity index (χ3n) is 3.51. The number of nitrogens with one attached hydrogen (secondary N) is 1. The van der Waals surface area contributed by atoms with Crippen molar-refractivity contribution < 1.29 is 9.59 Å². The van der Waals surface area contributed by atoms with E-state index in [0.717, 1.165) is 32.4 Å². The second-order valence-electron chi connectivity index (χ2n) is 5.24. The number of carbonyl (C=O) groups is 2. The van der Waals surface area contributed by atoms with Crippen LogP contribution in [0, 0.1) is 0 Å². The van der Waals surface area contributed by atoms with Crippen molar-refractivity contribution in [2.45, 2.75) is 32.2 Å². The lowest BCUT2D eigenvalue weighted by atomic mass is 10.1. The van der Waals surface area contributed by atoms with Crippen LogP contribution < -0.4 is 5.32 Å². The summed E-state index contributed by atoms with van der Waals surface area (Å²) in [7, 11) is 0. The molecule has 0 spiro atoms. The number of carbonyl (C=O) groups excluding carboxylic acids is 2. The first-order valence-corrected chi connectivity index (χ1v) is 7.78. The van der Waals surface area contributed by atoms with Gasteiger partial charge in [0, 0.05) is 28.7 Å². The van der Waals surface area contributed by atoms with E-state index in [4.69, 9.17) is 23.2 Å². The van der Waals surface area contributed by atoms with Crippen LogP contribution in [0.15, 0.2) is 18.2 Å². The fourth-order valence-electron chi connectivity index (χ4n) is 2.41. The highest BCUT2D eigenvalue weighted by molar-refractivity contribution is 6.35. The quantitative estimate of drug-likeness (QED) is 0.926. The Morgan fingerprint density at radius 3 is 2.24 bits per heavy atom. The van der Waals surface area contributed by atoms with Gasteiger partial charge in [0.25, 0.3) is 5.91 Å². The van der Waals surface area contributed by atoms with Gasteiger partial charge in [-0.3, -0.25) is 9.59 Å². The van der Waals surface area contributed by atoms with E-state index in [1.54, 1.807) is 17.9 Å². The maximum absolute atomic E-state index is 12.3. The van der Waals surface area contributed by atoms with E-state index in [1.807, 2.05) is 0 Å². The third kappa shape index (κ3) is 4.35. The molecule has 1 N–H and O–H groups in total. The summed E-state index contributed by atoms with van der Waals surface area (Å²) in [6, 6.07) is 4.05. The summed E-state index contributed by atoms with van der Waals surface area (Å²) in [4.78, 5) is 26.2. The van der Waals surface area contributed by atoms with Crippen LogP contribution >= 0.6 is 23.2 Å². The molecule has 1 atom stereocenters. The van der Waals surface area contributed by atoms with Crippen molar-refractivity contribution in [2.24, 2.45) is 0 Å². The normalized spacial score (nSPS) is 16.4. The first-order chi connectivity index (χ1) is 9.97. The summed E-state index contributed by atoms with van der Waals surface area (Å²) in [5.41, 5.74) is 0.353. The van der Waals surface area contributed by atoms with Crippen LogP contribution in [0.5, 0.6) is 0 Å². The highest BCUT2D eigenvalue weighted by Gasteiger charge is 2.23. The first-order valence-electron chi connectivity index (χ1n) is 7.03. The molecule has 21 heavy (non-hydrogen) atoms. The van der Waals surface area contributed by atoms with E-state index in [0.29, 0.717) is 15.6 Å². The lowest BCUT2D eigenvalue weighted by Gasteiger charge is -2.29. The van der Waals surface area contributed by atoms with Gasteiger partial charge in [0.2, 0.25) is 5.91 Å². The molecule has 0 unspecified atom stereocenters. The molecule has 0 aliphatic carbocycles. The second kappa shape index (κ2) is 7.14. The fraction of sp³-hybridized carbons (Fsp3) is 0.467. The predicted octanol–water partition coefficient (Wildman–Crippen LogP) is 3.12. The topological polar surface area (TPSA) is 49.4 Å². The van der Waals surface area contributed by atoms with Crippen molar-refractivity contribution in [2.75, 3.05) is 13.1 Å². The molecule has 2 rings (SSSR count). The number of amides is 2. The Morgan fingerprint density at radius 1 is 1.10 bits per heavy atom. The number of hydrogen-bond acceptors (Lipinski definition) is 2. The van der Waals surface area contributed by atoms with Crippen LogP contribution in [0.25, 0.3) is 0 Å². The van der Waals surface area contributed by atoms with E-state index in [9.17, 15) is 9.59 Å². The Hall–Kier alpha value is -1.26. The van der Waals surface area contributed by atoms with Crippen molar-refractivity contribution >= 4 is 35.0 Å². The monoisotopic (exact) mass is 328 g/mol. The number of piperidine rings is 1. The molecule has 1 heterocycles. The Balaban J connectivity index is 1.99. The zero-order valence-corrected chi connectivity index (χ0v) is 13.4. The SMILES string of the molecule is C[C@@H](NC(=O)c1cc(Cl)cc(Cl)c1)C(=O)N1CCCCC1. The summed E-state index contributed by atoms with van der Waals surface area (Å²) in [5, 5.41) is 3.48. The number of halogens is 2. The van der Waals surface area contributed by atoms with Gasteiger partial charge < -0.3 is 10.2 Å². The number of nitrogens with zero attached hydrogens (tertiary/aromatic N) is 1. The van der Waals surface area contributed by atoms with Gasteiger partial charge in [-0.2, -0.15) is 0 Å². The molecule has 1 aliphatic rings. The van der Waals surface area contributed by atoms with Gasteiger partial charge in [-0.05, 0) is 44.4 Å². The van der Waals surface area contributed by atoms with Gasteiger partial charge in [-0.15, -0.1) is 0 Å². The summed E-state index contributed by atoms with van der Waals surface area (Å²) >= 11 is 11.8. The minimum Gasteiger partial charge on any atom is -0.341 e. The van der Waals surface area contributed by atoms with Gasteiger partial charge in [0.15, 0.2) is 0 Å². The Morgan fingerprint density at radius 2 is 1.67 bits per heavy atom. The number of benzene rings is 1. The van der Waals surface area contributed by atoms with Gasteiger partial charge >= 0.3 is 0 Å². The summed E-state index contributed by atoms with van der Waals surface area (Å²) < 4.78 is 0. The lowest BCUT2D eigenvalue weighted by molar-refractivity contribution is -0.133. The zero-order chi connectivity index (χ0) is 15.4. The highest BCUT2D eigenvalue weighted by atomic mass is 35.5. The lowest BCUT2D eigenvalue weighted by Crippen LogP contribution is -2.48. The Labute approximate surface area is 134 Å². The van der Waals surface area contributed by atoms with Crippen molar-refractivity contribution in [3.63, 3.8) is 0 Å². The minimum atomic E-state index is -0.562. The molecule has 1 aromatic rings.